The molecule has 0 bridgehead atoms. The number of rotatable bonds is 2. The molecule has 1 aromatic rings. The fourth-order valence-electron chi connectivity index (χ4n) is 1.72. The van der Waals surface area contributed by atoms with Crippen molar-refractivity contribution in [3.8, 4) is 0 Å². The molecule has 1 atom stereocenters. The van der Waals surface area contributed by atoms with Gasteiger partial charge in [-0.25, -0.2) is 18.4 Å². The van der Waals surface area contributed by atoms with Crippen molar-refractivity contribution >= 4 is 27.3 Å². The Labute approximate surface area is 99.2 Å². The number of halogens is 1. The molecule has 5 nitrogen and oxygen atoms in total. The normalized spacial score (nSPS) is 23.2. The zero-order valence-electron chi connectivity index (χ0n) is 8.77. The number of aromatic nitrogens is 2. The number of hydrogen-bond donors (Lipinski definition) is 1. The molecule has 0 saturated carbocycles. The van der Waals surface area contributed by atoms with Gasteiger partial charge in [0.1, 0.15) is 16.8 Å². The molecule has 1 saturated heterocycles. The molecule has 1 aliphatic heterocycles. The summed E-state index contributed by atoms with van der Waals surface area (Å²) in [5.41, 5.74) is 0. The number of hydrogen-bond acceptors (Lipinski definition) is 5. The number of nitrogens with zero attached hydrogens (tertiary/aromatic N) is 2. The summed E-state index contributed by atoms with van der Waals surface area (Å²) in [6.45, 7) is 1.74. The molecule has 7 heteroatoms. The molecule has 2 heterocycles. The highest BCUT2D eigenvalue weighted by molar-refractivity contribution is 7.91. The highest BCUT2D eigenvalue weighted by atomic mass is 35.5. The summed E-state index contributed by atoms with van der Waals surface area (Å²) in [6.07, 6.45) is 0.614. The number of aryl methyl sites for hydroxylation is 1. The minimum atomic E-state index is -2.87. The average Bonchev–Trinajstić information content (AvgIpc) is 2.43. The minimum Gasteiger partial charge on any atom is -0.366 e. The van der Waals surface area contributed by atoms with Crippen LogP contribution in [0.25, 0.3) is 0 Å². The Morgan fingerprint density at radius 1 is 1.50 bits per heavy atom. The van der Waals surface area contributed by atoms with Gasteiger partial charge in [0.2, 0.25) is 0 Å². The molecule has 16 heavy (non-hydrogen) atoms. The molecule has 0 aromatic carbocycles. The maximum Gasteiger partial charge on any atom is 0.152 e. The average molecular weight is 262 g/mol. The van der Waals surface area contributed by atoms with E-state index in [4.69, 9.17) is 11.6 Å². The van der Waals surface area contributed by atoms with Crippen LogP contribution in [0.2, 0.25) is 5.15 Å². The highest BCUT2D eigenvalue weighted by Crippen LogP contribution is 2.18. The first-order valence-electron chi connectivity index (χ1n) is 4.93. The van der Waals surface area contributed by atoms with Gasteiger partial charge in [0.15, 0.2) is 9.84 Å². The fraction of sp³-hybridized carbons (Fsp3) is 0.556. The third-order valence-corrected chi connectivity index (χ3v) is 4.35. The van der Waals surface area contributed by atoms with E-state index < -0.39 is 9.84 Å². The van der Waals surface area contributed by atoms with Crippen LogP contribution in [0.1, 0.15) is 12.2 Å². The minimum absolute atomic E-state index is 0.0737. The lowest BCUT2D eigenvalue weighted by atomic mass is 10.2. The molecule has 88 valence electrons. The summed E-state index contributed by atoms with van der Waals surface area (Å²) >= 11 is 5.78. The molecule has 1 unspecified atom stereocenters. The zero-order chi connectivity index (χ0) is 11.8. The van der Waals surface area contributed by atoms with Gasteiger partial charge in [-0.15, -0.1) is 0 Å². The van der Waals surface area contributed by atoms with Crippen molar-refractivity contribution in [3.05, 3.63) is 17.0 Å². The van der Waals surface area contributed by atoms with Crippen LogP contribution >= 0.6 is 11.6 Å². The quantitative estimate of drug-likeness (QED) is 0.806. The van der Waals surface area contributed by atoms with Gasteiger partial charge in [-0.2, -0.15) is 0 Å². The van der Waals surface area contributed by atoms with E-state index in [0.29, 0.717) is 23.2 Å². The van der Waals surface area contributed by atoms with E-state index in [9.17, 15) is 8.42 Å². The number of nitrogens with one attached hydrogen (secondary N) is 1. The first kappa shape index (κ1) is 11.6. The SMILES string of the molecule is Cc1nc(Cl)cc(NC2CCS(=O)(=O)C2)n1. The van der Waals surface area contributed by atoms with Gasteiger partial charge < -0.3 is 5.32 Å². The van der Waals surface area contributed by atoms with E-state index in [1.54, 1.807) is 13.0 Å². The third kappa shape index (κ3) is 2.82. The molecule has 1 aromatic heterocycles. The van der Waals surface area contributed by atoms with E-state index in [2.05, 4.69) is 15.3 Å². The molecule has 0 spiro atoms. The van der Waals surface area contributed by atoms with Crippen LogP contribution in [-0.2, 0) is 9.84 Å². The van der Waals surface area contributed by atoms with Gasteiger partial charge in [-0.05, 0) is 13.3 Å². The lowest BCUT2D eigenvalue weighted by Gasteiger charge is -2.11. The lowest BCUT2D eigenvalue weighted by molar-refractivity contribution is 0.602. The maximum atomic E-state index is 11.3. The van der Waals surface area contributed by atoms with E-state index in [1.807, 2.05) is 0 Å². The second kappa shape index (κ2) is 4.18. The van der Waals surface area contributed by atoms with Crippen LogP contribution in [0.15, 0.2) is 6.07 Å². The van der Waals surface area contributed by atoms with Gasteiger partial charge in [0, 0.05) is 12.1 Å². The Morgan fingerprint density at radius 2 is 2.25 bits per heavy atom. The summed E-state index contributed by atoms with van der Waals surface area (Å²) in [6, 6.07) is 1.52. The van der Waals surface area contributed by atoms with Crippen molar-refractivity contribution in [2.45, 2.75) is 19.4 Å². The van der Waals surface area contributed by atoms with E-state index in [0.717, 1.165) is 0 Å². The van der Waals surface area contributed by atoms with Crippen molar-refractivity contribution in [2.75, 3.05) is 16.8 Å². The first-order valence-corrected chi connectivity index (χ1v) is 7.13. The standard InChI is InChI=1S/C9H12ClN3O2S/c1-6-11-8(10)4-9(12-6)13-7-2-3-16(14,15)5-7/h4,7H,2-3,5H2,1H3,(H,11,12,13). The monoisotopic (exact) mass is 261 g/mol. The Balaban J connectivity index is 2.10. The molecular weight excluding hydrogens is 250 g/mol. The Morgan fingerprint density at radius 3 is 2.81 bits per heavy atom. The third-order valence-electron chi connectivity index (χ3n) is 2.39. The van der Waals surface area contributed by atoms with Crippen LogP contribution in [0.4, 0.5) is 5.82 Å². The van der Waals surface area contributed by atoms with Crippen LogP contribution in [0.5, 0.6) is 0 Å². The van der Waals surface area contributed by atoms with Gasteiger partial charge >= 0.3 is 0 Å². The first-order chi connectivity index (χ1) is 7.44. The van der Waals surface area contributed by atoms with E-state index in [-0.39, 0.29) is 17.5 Å². The molecule has 0 amide bonds. The molecule has 1 N–H and O–H groups in total. The largest absolute Gasteiger partial charge is 0.366 e. The topological polar surface area (TPSA) is 72.0 Å². The predicted octanol–water partition coefficient (Wildman–Crippen LogP) is 1.04. The van der Waals surface area contributed by atoms with Crippen molar-refractivity contribution in [1.82, 2.24) is 9.97 Å². The predicted molar refractivity (Wildman–Crippen MR) is 62.5 cm³/mol. The summed E-state index contributed by atoms with van der Waals surface area (Å²) in [7, 11) is -2.87. The van der Waals surface area contributed by atoms with Gasteiger partial charge in [0.05, 0.1) is 11.5 Å². The zero-order valence-corrected chi connectivity index (χ0v) is 10.3. The Hall–Kier alpha value is -0.880. The summed E-state index contributed by atoms with van der Waals surface area (Å²) in [5, 5.41) is 3.42. The molecule has 1 aliphatic rings. The summed E-state index contributed by atoms with van der Waals surface area (Å²) in [4.78, 5) is 8.08. The van der Waals surface area contributed by atoms with Crippen LogP contribution in [0, 0.1) is 6.92 Å². The van der Waals surface area contributed by atoms with Crippen LogP contribution < -0.4 is 5.32 Å². The smallest absolute Gasteiger partial charge is 0.152 e. The Kier molecular flexibility index (Phi) is 3.03. The molecule has 1 fully saturated rings. The molecule has 0 aliphatic carbocycles. The van der Waals surface area contributed by atoms with Gasteiger partial charge in [-0.3, -0.25) is 0 Å². The number of anilines is 1. The summed E-state index contributed by atoms with van der Waals surface area (Å²) in [5.74, 6) is 1.55. The highest BCUT2D eigenvalue weighted by Gasteiger charge is 2.27. The van der Waals surface area contributed by atoms with Crippen molar-refractivity contribution in [1.29, 1.82) is 0 Å². The fourth-order valence-corrected chi connectivity index (χ4v) is 3.62. The van der Waals surface area contributed by atoms with Crippen molar-refractivity contribution < 1.29 is 8.42 Å². The molecule has 0 radical (unpaired) electrons. The molecular formula is C9H12ClN3O2S. The lowest BCUT2D eigenvalue weighted by Crippen LogP contribution is -2.21. The van der Waals surface area contributed by atoms with E-state index in [1.165, 1.54) is 0 Å². The van der Waals surface area contributed by atoms with Gasteiger partial charge in [0.25, 0.3) is 0 Å². The van der Waals surface area contributed by atoms with Crippen LogP contribution in [0.3, 0.4) is 0 Å². The van der Waals surface area contributed by atoms with Crippen molar-refractivity contribution in [2.24, 2.45) is 0 Å². The number of sulfone groups is 1. The second-order valence-corrected chi connectivity index (χ2v) is 6.48. The maximum absolute atomic E-state index is 11.3. The van der Waals surface area contributed by atoms with Crippen LogP contribution in [-0.4, -0.2) is 35.9 Å². The van der Waals surface area contributed by atoms with Gasteiger partial charge in [-0.1, -0.05) is 11.6 Å². The summed E-state index contributed by atoms with van der Waals surface area (Å²) < 4.78 is 22.5. The molecule has 2 rings (SSSR count). The van der Waals surface area contributed by atoms with E-state index >= 15 is 0 Å². The Bertz CT molecular complexity index is 483. The second-order valence-electron chi connectivity index (χ2n) is 3.87. The van der Waals surface area contributed by atoms with Crippen molar-refractivity contribution in [3.63, 3.8) is 0 Å².